The molecule has 0 radical (unpaired) electrons. The van der Waals surface area contributed by atoms with Crippen LogP contribution in [0.2, 0.25) is 0 Å². The van der Waals surface area contributed by atoms with Crippen molar-refractivity contribution in [1.82, 2.24) is 10.0 Å². The second-order valence-corrected chi connectivity index (χ2v) is 3.95. The van der Waals surface area contributed by atoms with Crippen molar-refractivity contribution in [3.63, 3.8) is 0 Å². The highest BCUT2D eigenvalue weighted by Gasteiger charge is 2.18. The molecule has 20 heavy (non-hydrogen) atoms. The maximum absolute atomic E-state index is 12.7. The van der Waals surface area contributed by atoms with Crippen molar-refractivity contribution >= 4 is 12.1 Å². The molecule has 104 valence electrons. The third kappa shape index (κ3) is 2.63. The van der Waals surface area contributed by atoms with E-state index in [1.54, 1.807) is 0 Å². The molecule has 8 heteroatoms. The van der Waals surface area contributed by atoms with E-state index in [0.717, 1.165) is 4.79 Å². The number of benzene rings is 1. The number of hydrogen-bond acceptors (Lipinski definition) is 4. The predicted molar refractivity (Wildman–Crippen MR) is 68.1 cm³/mol. The lowest BCUT2D eigenvalue weighted by Gasteiger charge is -2.01. The van der Waals surface area contributed by atoms with Crippen molar-refractivity contribution in [2.24, 2.45) is 17.1 Å². The van der Waals surface area contributed by atoms with Crippen molar-refractivity contribution < 1.29 is 14.2 Å². The molecule has 0 fully saturated rings. The molecule has 0 spiro atoms. The molecular weight excluding hydrogens is 265 g/mol. The van der Waals surface area contributed by atoms with Gasteiger partial charge in [0.2, 0.25) is 5.69 Å². The van der Waals surface area contributed by atoms with Crippen LogP contribution in [0.25, 0.3) is 0 Å². The average Bonchev–Trinajstić information content (AvgIpc) is 2.72. The van der Waals surface area contributed by atoms with E-state index in [1.807, 2.05) is 0 Å². The van der Waals surface area contributed by atoms with Crippen LogP contribution in [0.4, 0.5) is 4.39 Å². The average molecular weight is 277 g/mol. The Morgan fingerprint density at radius 1 is 1.45 bits per heavy atom. The molecule has 0 aliphatic heterocycles. The topological polar surface area (TPSA) is 89.4 Å². The molecule has 2 aromatic rings. The Balaban J connectivity index is 2.36. The number of nitrogens with one attached hydrogen (secondary N) is 1. The van der Waals surface area contributed by atoms with Crippen LogP contribution in [0.15, 0.2) is 39.2 Å². The van der Waals surface area contributed by atoms with Crippen molar-refractivity contribution in [2.75, 3.05) is 7.05 Å². The van der Waals surface area contributed by atoms with Gasteiger partial charge in [-0.15, -0.1) is 0 Å². The summed E-state index contributed by atoms with van der Waals surface area (Å²) in [5.74, 6) is -0.993. The summed E-state index contributed by atoms with van der Waals surface area (Å²) in [4.78, 5) is 16.3. The second kappa shape index (κ2) is 5.47. The first-order valence-electron chi connectivity index (χ1n) is 5.68. The smallest absolute Gasteiger partial charge is 0.427 e. The summed E-state index contributed by atoms with van der Waals surface area (Å²) < 4.78 is 14.0. The number of aromatic amines is 1. The van der Waals surface area contributed by atoms with Gasteiger partial charge < -0.3 is 5.11 Å². The molecule has 1 aromatic heterocycles. The van der Waals surface area contributed by atoms with Gasteiger partial charge in [0.25, 0.3) is 0 Å². The molecule has 2 rings (SSSR count). The zero-order valence-corrected chi connectivity index (χ0v) is 10.9. The Kier molecular flexibility index (Phi) is 3.74. The van der Waals surface area contributed by atoms with Gasteiger partial charge in [0.05, 0.1) is 6.21 Å². The fourth-order valence-electron chi connectivity index (χ4n) is 1.57. The zero-order valence-electron chi connectivity index (χ0n) is 10.9. The molecule has 0 unspecified atom stereocenters. The minimum Gasteiger partial charge on any atom is -0.856 e. The first-order chi connectivity index (χ1) is 9.52. The van der Waals surface area contributed by atoms with E-state index in [4.69, 9.17) is 0 Å². The molecular formula is C12H12FN5O2. The summed E-state index contributed by atoms with van der Waals surface area (Å²) in [5, 5.41) is 17.9. The molecule has 0 saturated carbocycles. The van der Waals surface area contributed by atoms with E-state index in [9.17, 15) is 14.3 Å². The van der Waals surface area contributed by atoms with Crippen molar-refractivity contribution in [1.29, 1.82) is 0 Å². The number of aromatic nitrogens is 3. The first kappa shape index (κ1) is 13.7. The lowest BCUT2D eigenvalue weighted by Crippen LogP contribution is -2.43. The standard InChI is InChI=1S/C12H12FN5O2/c1-14-11(19)10-12(20)18(16-17(10)2)15-7-8-3-5-9(13)6-4-8/h3-7H,1-2H3,(H-,14,16,19,20)/b15-7+. The van der Waals surface area contributed by atoms with Crippen molar-refractivity contribution in [3.8, 4) is 0 Å². The molecule has 0 aliphatic carbocycles. The Labute approximate surface area is 113 Å². The highest BCUT2D eigenvalue weighted by molar-refractivity contribution is 5.86. The first-order valence-corrected chi connectivity index (χ1v) is 5.68. The number of aryl methyl sites for hydroxylation is 1. The van der Waals surface area contributed by atoms with Crippen LogP contribution < -0.4 is 15.3 Å². The molecule has 1 heterocycles. The van der Waals surface area contributed by atoms with Crippen molar-refractivity contribution in [3.05, 3.63) is 51.7 Å². The van der Waals surface area contributed by atoms with Crippen LogP contribution in [-0.2, 0) is 7.05 Å². The Hall–Kier alpha value is -2.77. The summed E-state index contributed by atoms with van der Waals surface area (Å²) in [6.45, 7) is 0. The molecule has 1 aromatic carbocycles. The Bertz CT molecular complexity index is 727. The fourth-order valence-corrected chi connectivity index (χ4v) is 1.57. The minimum absolute atomic E-state index is 0.122. The second-order valence-electron chi connectivity index (χ2n) is 3.95. The summed E-state index contributed by atoms with van der Waals surface area (Å²) in [6.07, 6.45) is 1.37. The van der Waals surface area contributed by atoms with E-state index in [-0.39, 0.29) is 11.5 Å². The normalized spacial score (nSPS) is 12.2. The van der Waals surface area contributed by atoms with Crippen LogP contribution in [0.1, 0.15) is 11.3 Å². The maximum Gasteiger partial charge on any atom is 0.427 e. The van der Waals surface area contributed by atoms with Gasteiger partial charge in [-0.25, -0.2) is 9.18 Å². The van der Waals surface area contributed by atoms with Gasteiger partial charge >= 0.3 is 5.56 Å². The van der Waals surface area contributed by atoms with E-state index >= 15 is 0 Å². The van der Waals surface area contributed by atoms with Crippen LogP contribution in [0.3, 0.4) is 0 Å². The van der Waals surface area contributed by atoms with E-state index < -0.39 is 11.5 Å². The van der Waals surface area contributed by atoms with Gasteiger partial charge in [-0.1, -0.05) is 22.4 Å². The largest absolute Gasteiger partial charge is 0.856 e. The van der Waals surface area contributed by atoms with E-state index in [1.165, 1.54) is 49.3 Å². The van der Waals surface area contributed by atoms with E-state index in [2.05, 4.69) is 15.3 Å². The Morgan fingerprint density at radius 2 is 2.10 bits per heavy atom. The lowest BCUT2D eigenvalue weighted by molar-refractivity contribution is -0.735. The number of aliphatic imine (C=N–C) groups is 1. The van der Waals surface area contributed by atoms with Crippen LogP contribution in [0.5, 0.6) is 0 Å². The van der Waals surface area contributed by atoms with Gasteiger partial charge in [-0.05, 0) is 17.7 Å². The highest BCUT2D eigenvalue weighted by atomic mass is 19.1. The molecule has 0 bridgehead atoms. The zero-order chi connectivity index (χ0) is 14.7. The summed E-state index contributed by atoms with van der Waals surface area (Å²) >= 11 is 0. The number of hydrogen-bond donors (Lipinski definition) is 1. The molecule has 0 amide bonds. The molecule has 0 aliphatic rings. The number of nitrogens with zero attached hydrogens (tertiary/aromatic N) is 4. The molecule has 0 atom stereocenters. The summed E-state index contributed by atoms with van der Waals surface area (Å²) in [7, 11) is 2.81. The van der Waals surface area contributed by atoms with Crippen LogP contribution in [-0.4, -0.2) is 29.2 Å². The fraction of sp³-hybridized carbons (Fsp3) is 0.167. The monoisotopic (exact) mass is 277 g/mol. The van der Waals surface area contributed by atoms with E-state index in [0.29, 0.717) is 5.56 Å². The third-order valence-electron chi connectivity index (χ3n) is 2.57. The molecule has 7 nitrogen and oxygen atoms in total. The molecule has 0 saturated heterocycles. The highest BCUT2D eigenvalue weighted by Crippen LogP contribution is 1.99. The van der Waals surface area contributed by atoms with Crippen molar-refractivity contribution in [2.45, 2.75) is 0 Å². The Morgan fingerprint density at radius 3 is 2.70 bits per heavy atom. The van der Waals surface area contributed by atoms with Crippen LogP contribution in [0, 0.1) is 5.82 Å². The van der Waals surface area contributed by atoms with Gasteiger partial charge in [0.15, 0.2) is 0 Å². The number of rotatable bonds is 3. The predicted octanol–water partition coefficient (Wildman–Crippen LogP) is -1.24. The molecule has 1 N–H and O–H groups in total. The minimum atomic E-state index is -0.635. The summed E-state index contributed by atoms with van der Waals surface area (Å²) in [6, 6.07) is 5.59. The number of halogens is 1. The van der Waals surface area contributed by atoms with Gasteiger partial charge in [-0.3, -0.25) is 4.99 Å². The maximum atomic E-state index is 12.7. The van der Waals surface area contributed by atoms with Gasteiger partial charge in [-0.2, -0.15) is 4.68 Å². The number of H-pyrrole nitrogens is 1. The van der Waals surface area contributed by atoms with Crippen LogP contribution >= 0.6 is 0 Å². The third-order valence-corrected chi connectivity index (χ3v) is 2.57. The SMILES string of the molecule is CN=C([O-])c1c(=O)n(/N=C/c2ccc(F)cc2)[nH][n+]1C. The lowest BCUT2D eigenvalue weighted by atomic mass is 10.2. The quantitative estimate of drug-likeness (QED) is 0.432. The van der Waals surface area contributed by atoms with Gasteiger partial charge in [0, 0.05) is 17.7 Å². The summed E-state index contributed by atoms with van der Waals surface area (Å²) in [5.41, 5.74) is -0.117. The van der Waals surface area contributed by atoms with Gasteiger partial charge in [0.1, 0.15) is 12.9 Å².